The van der Waals surface area contributed by atoms with E-state index >= 15 is 0 Å². The van der Waals surface area contributed by atoms with E-state index in [0.29, 0.717) is 16.8 Å². The van der Waals surface area contributed by atoms with E-state index in [1.165, 1.54) is 12.8 Å². The maximum Gasteiger partial charge on any atom is 0.130 e. The second-order valence-corrected chi connectivity index (χ2v) is 4.15. The van der Waals surface area contributed by atoms with Gasteiger partial charge in [-0.25, -0.2) is 4.98 Å². The minimum Gasteiger partial charge on any atom is -0.377 e. The third kappa shape index (κ3) is 4.83. The van der Waals surface area contributed by atoms with Crippen LogP contribution in [0.3, 0.4) is 0 Å². The lowest BCUT2D eigenvalue weighted by molar-refractivity contribution is 0.117. The van der Waals surface area contributed by atoms with Gasteiger partial charge in [-0.05, 0) is 12.5 Å². The molecule has 0 aliphatic carbocycles. The minimum absolute atomic E-state index is 0.412. The van der Waals surface area contributed by atoms with E-state index in [2.05, 4.69) is 11.9 Å². The van der Waals surface area contributed by atoms with Crippen LogP contribution in [0.4, 0.5) is 0 Å². The van der Waals surface area contributed by atoms with E-state index in [1.807, 2.05) is 0 Å². The third-order valence-corrected chi connectivity index (χ3v) is 2.60. The minimum atomic E-state index is 0.412. The first-order valence-electron chi connectivity index (χ1n) is 5.11. The van der Waals surface area contributed by atoms with Gasteiger partial charge in [0.15, 0.2) is 0 Å². The van der Waals surface area contributed by atoms with Crippen LogP contribution in [-0.2, 0) is 11.3 Å². The molecule has 0 saturated heterocycles. The van der Waals surface area contributed by atoms with Crippen molar-refractivity contribution in [2.24, 2.45) is 0 Å². The Morgan fingerprint density at radius 2 is 2.13 bits per heavy atom. The first kappa shape index (κ1) is 12.8. The van der Waals surface area contributed by atoms with Crippen LogP contribution in [0, 0.1) is 0 Å². The highest BCUT2D eigenvalue weighted by molar-refractivity contribution is 6.34. The van der Waals surface area contributed by atoms with Crippen LogP contribution >= 0.6 is 23.2 Å². The Hall–Kier alpha value is -0.310. The second kappa shape index (κ2) is 7.04. The number of hydrogen-bond donors (Lipinski definition) is 0. The quantitative estimate of drug-likeness (QED) is 0.558. The summed E-state index contributed by atoms with van der Waals surface area (Å²) in [4.78, 5) is 3.96. The van der Waals surface area contributed by atoms with Gasteiger partial charge in [0.2, 0.25) is 0 Å². The Morgan fingerprint density at radius 3 is 2.80 bits per heavy atom. The summed E-state index contributed by atoms with van der Waals surface area (Å²) < 4.78 is 5.47. The summed E-state index contributed by atoms with van der Waals surface area (Å²) >= 11 is 11.6. The highest BCUT2D eigenvalue weighted by Gasteiger charge is 2.01. The van der Waals surface area contributed by atoms with Gasteiger partial charge in [-0.2, -0.15) is 0 Å². The molecule has 2 nitrogen and oxygen atoms in total. The van der Waals surface area contributed by atoms with Crippen LogP contribution in [-0.4, -0.2) is 11.6 Å². The zero-order chi connectivity index (χ0) is 11.1. The van der Waals surface area contributed by atoms with Gasteiger partial charge in [0.25, 0.3) is 0 Å². The summed E-state index contributed by atoms with van der Waals surface area (Å²) in [5.41, 5.74) is 0.887. The normalized spacial score (nSPS) is 10.6. The van der Waals surface area contributed by atoms with Gasteiger partial charge in [-0.1, -0.05) is 43.0 Å². The van der Waals surface area contributed by atoms with Gasteiger partial charge in [0.1, 0.15) is 5.15 Å². The van der Waals surface area contributed by atoms with Crippen LogP contribution in [0.25, 0.3) is 0 Å². The third-order valence-electron chi connectivity index (χ3n) is 2.05. The molecule has 0 saturated carbocycles. The van der Waals surface area contributed by atoms with Crippen molar-refractivity contribution in [3.63, 3.8) is 0 Å². The maximum atomic E-state index is 5.97. The summed E-state index contributed by atoms with van der Waals surface area (Å²) in [6.45, 7) is 3.44. The molecule has 0 N–H and O–H groups in total. The lowest BCUT2D eigenvalue weighted by Gasteiger charge is -2.05. The molecule has 0 fully saturated rings. The van der Waals surface area contributed by atoms with E-state index < -0.39 is 0 Å². The number of aromatic nitrogens is 1. The van der Waals surface area contributed by atoms with Crippen molar-refractivity contribution in [2.75, 3.05) is 6.61 Å². The zero-order valence-electron chi connectivity index (χ0n) is 8.80. The molecule has 0 radical (unpaired) electrons. The van der Waals surface area contributed by atoms with Crippen molar-refractivity contribution >= 4 is 23.2 Å². The molecule has 0 aliphatic rings. The summed E-state index contributed by atoms with van der Waals surface area (Å²) in [6.07, 6.45) is 5.15. The summed E-state index contributed by atoms with van der Waals surface area (Å²) in [7, 11) is 0. The predicted molar refractivity (Wildman–Crippen MR) is 63.4 cm³/mol. The summed E-state index contributed by atoms with van der Waals surface area (Å²) in [6, 6.07) is 1.63. The lowest BCUT2D eigenvalue weighted by Crippen LogP contribution is -1.97. The van der Waals surface area contributed by atoms with Crippen LogP contribution in [0.5, 0.6) is 0 Å². The molecular weight excluding hydrogens is 233 g/mol. The molecular formula is C11H15Cl2NO. The van der Waals surface area contributed by atoms with E-state index in [-0.39, 0.29) is 0 Å². The van der Waals surface area contributed by atoms with Gasteiger partial charge < -0.3 is 4.74 Å². The average Bonchev–Trinajstić information content (AvgIpc) is 2.20. The Balaban J connectivity index is 2.31. The topological polar surface area (TPSA) is 22.1 Å². The highest BCUT2D eigenvalue weighted by atomic mass is 35.5. The first-order chi connectivity index (χ1) is 7.24. The molecule has 84 valence electrons. The molecule has 0 bridgehead atoms. The summed E-state index contributed by atoms with van der Waals surface area (Å²) in [5, 5.41) is 1.03. The van der Waals surface area contributed by atoms with E-state index in [4.69, 9.17) is 27.9 Å². The number of nitrogens with zero attached hydrogens (tertiary/aromatic N) is 1. The Bertz CT molecular complexity index is 305. The largest absolute Gasteiger partial charge is 0.377 e. The SMILES string of the molecule is CCCCCOCc1cnc(Cl)cc1Cl. The van der Waals surface area contributed by atoms with Crippen LogP contribution in [0.2, 0.25) is 10.2 Å². The van der Waals surface area contributed by atoms with Crippen molar-refractivity contribution in [1.82, 2.24) is 4.98 Å². The number of ether oxygens (including phenoxy) is 1. The van der Waals surface area contributed by atoms with Gasteiger partial charge in [-0.15, -0.1) is 0 Å². The van der Waals surface area contributed by atoms with Crippen molar-refractivity contribution in [3.05, 3.63) is 28.0 Å². The smallest absolute Gasteiger partial charge is 0.130 e. The number of unbranched alkanes of at least 4 members (excludes halogenated alkanes) is 2. The van der Waals surface area contributed by atoms with E-state index in [0.717, 1.165) is 18.6 Å². The van der Waals surface area contributed by atoms with Crippen molar-refractivity contribution < 1.29 is 4.74 Å². The molecule has 0 unspecified atom stereocenters. The standard InChI is InChI=1S/C11H15Cl2NO/c1-2-3-4-5-15-8-9-7-14-11(13)6-10(9)12/h6-7H,2-5,8H2,1H3. The molecule has 15 heavy (non-hydrogen) atoms. The molecule has 0 spiro atoms. The fraction of sp³-hybridized carbons (Fsp3) is 0.545. The molecule has 1 heterocycles. The molecule has 1 aromatic heterocycles. The highest BCUT2D eigenvalue weighted by Crippen LogP contribution is 2.19. The molecule has 0 aliphatic heterocycles. The lowest BCUT2D eigenvalue weighted by atomic mass is 10.2. The van der Waals surface area contributed by atoms with Gasteiger partial charge >= 0.3 is 0 Å². The fourth-order valence-corrected chi connectivity index (χ4v) is 1.60. The number of rotatable bonds is 6. The van der Waals surface area contributed by atoms with E-state index in [1.54, 1.807) is 12.3 Å². The Labute approximate surface area is 101 Å². The van der Waals surface area contributed by atoms with E-state index in [9.17, 15) is 0 Å². The molecule has 4 heteroatoms. The monoisotopic (exact) mass is 247 g/mol. The van der Waals surface area contributed by atoms with Gasteiger partial charge in [0.05, 0.1) is 11.6 Å². The van der Waals surface area contributed by atoms with Crippen molar-refractivity contribution in [3.8, 4) is 0 Å². The molecule has 0 atom stereocenters. The molecule has 0 aromatic carbocycles. The number of hydrogen-bond acceptors (Lipinski definition) is 2. The molecule has 0 amide bonds. The van der Waals surface area contributed by atoms with Crippen LogP contribution < -0.4 is 0 Å². The predicted octanol–water partition coefficient (Wildman–Crippen LogP) is 4.10. The molecule has 1 aromatic rings. The average molecular weight is 248 g/mol. The Morgan fingerprint density at radius 1 is 1.33 bits per heavy atom. The number of halogens is 2. The Kier molecular flexibility index (Phi) is 5.99. The van der Waals surface area contributed by atoms with Gasteiger partial charge in [-0.3, -0.25) is 0 Å². The maximum absolute atomic E-state index is 5.97. The fourth-order valence-electron chi connectivity index (χ4n) is 1.18. The summed E-state index contributed by atoms with van der Waals surface area (Å²) in [5.74, 6) is 0. The van der Waals surface area contributed by atoms with Crippen LogP contribution in [0.15, 0.2) is 12.3 Å². The van der Waals surface area contributed by atoms with Gasteiger partial charge in [0, 0.05) is 18.4 Å². The van der Waals surface area contributed by atoms with Crippen molar-refractivity contribution in [2.45, 2.75) is 32.8 Å². The first-order valence-corrected chi connectivity index (χ1v) is 5.87. The zero-order valence-corrected chi connectivity index (χ0v) is 10.3. The number of pyridine rings is 1. The molecule has 1 rings (SSSR count). The second-order valence-electron chi connectivity index (χ2n) is 3.36. The van der Waals surface area contributed by atoms with Crippen LogP contribution in [0.1, 0.15) is 31.7 Å². The van der Waals surface area contributed by atoms with Crippen molar-refractivity contribution in [1.29, 1.82) is 0 Å².